The van der Waals surface area contributed by atoms with E-state index in [4.69, 9.17) is 4.74 Å². The number of hydrogen-bond acceptors (Lipinski definition) is 2. The summed E-state index contributed by atoms with van der Waals surface area (Å²) in [6.45, 7) is 0. The smallest absolute Gasteiger partial charge is 0.230 e. The fourth-order valence-electron chi connectivity index (χ4n) is 4.11. The Bertz CT molecular complexity index is 737. The molecule has 2 saturated carbocycles. The van der Waals surface area contributed by atoms with Gasteiger partial charge in [0.2, 0.25) is 5.91 Å². The lowest BCUT2D eigenvalue weighted by Gasteiger charge is -2.21. The maximum absolute atomic E-state index is 13.0. The topological polar surface area (TPSA) is 54.1 Å². The summed E-state index contributed by atoms with van der Waals surface area (Å²) in [6, 6.07) is 6.38. The standard InChI is InChI=1S/C20H26N2O2/c1-24-15-8-9-18-16(12-15)17(13-21-18)20(10-11-20)19(23)22-14-6-4-2-3-5-7-14/h8-9,12-14,21H,2-7,10-11H2,1H3,(H,22,23). The molecule has 0 aliphatic heterocycles. The number of fused-ring (bicyclic) bond motifs is 1. The van der Waals surface area contributed by atoms with Crippen LogP contribution in [0.5, 0.6) is 5.75 Å². The molecule has 2 aliphatic rings. The van der Waals surface area contributed by atoms with Crippen molar-refractivity contribution < 1.29 is 9.53 Å². The van der Waals surface area contributed by atoms with Crippen molar-refractivity contribution in [2.45, 2.75) is 62.8 Å². The highest BCUT2D eigenvalue weighted by molar-refractivity contribution is 5.98. The fraction of sp³-hybridized carbons (Fsp3) is 0.550. The van der Waals surface area contributed by atoms with Gasteiger partial charge in [0.1, 0.15) is 5.75 Å². The van der Waals surface area contributed by atoms with Crippen molar-refractivity contribution in [2.24, 2.45) is 0 Å². The molecule has 128 valence electrons. The number of aromatic amines is 1. The predicted molar refractivity (Wildman–Crippen MR) is 95.4 cm³/mol. The lowest BCUT2D eigenvalue weighted by Crippen LogP contribution is -2.41. The second-order valence-electron chi connectivity index (χ2n) is 7.36. The first-order valence-corrected chi connectivity index (χ1v) is 9.19. The molecule has 2 N–H and O–H groups in total. The Labute approximate surface area is 143 Å². The lowest BCUT2D eigenvalue weighted by molar-refractivity contribution is -0.124. The van der Waals surface area contributed by atoms with Gasteiger partial charge in [0.25, 0.3) is 0 Å². The molecule has 1 amide bonds. The summed E-state index contributed by atoms with van der Waals surface area (Å²) in [6.07, 6.45) is 11.2. The molecule has 0 saturated heterocycles. The van der Waals surface area contributed by atoms with Crippen LogP contribution in [0, 0.1) is 0 Å². The minimum absolute atomic E-state index is 0.220. The Hall–Kier alpha value is -1.97. The number of rotatable bonds is 4. The zero-order valence-electron chi connectivity index (χ0n) is 14.4. The lowest BCUT2D eigenvalue weighted by atomic mass is 9.93. The van der Waals surface area contributed by atoms with Gasteiger partial charge in [-0.15, -0.1) is 0 Å². The van der Waals surface area contributed by atoms with Gasteiger partial charge in [-0.1, -0.05) is 25.7 Å². The minimum Gasteiger partial charge on any atom is -0.497 e. The minimum atomic E-state index is -0.336. The molecule has 1 heterocycles. The van der Waals surface area contributed by atoms with E-state index in [9.17, 15) is 4.79 Å². The van der Waals surface area contributed by atoms with Gasteiger partial charge >= 0.3 is 0 Å². The van der Waals surface area contributed by atoms with Crippen molar-refractivity contribution in [3.63, 3.8) is 0 Å². The summed E-state index contributed by atoms with van der Waals surface area (Å²) < 4.78 is 5.36. The van der Waals surface area contributed by atoms with Crippen LogP contribution in [0.15, 0.2) is 24.4 Å². The van der Waals surface area contributed by atoms with Crippen LogP contribution in [0.4, 0.5) is 0 Å². The first-order chi connectivity index (χ1) is 11.7. The Balaban J connectivity index is 1.59. The number of hydrogen-bond donors (Lipinski definition) is 2. The average molecular weight is 326 g/mol. The van der Waals surface area contributed by atoms with Crippen LogP contribution in [-0.2, 0) is 10.2 Å². The number of methoxy groups -OCH3 is 1. The third-order valence-corrected chi connectivity index (χ3v) is 5.78. The third kappa shape index (κ3) is 2.68. The highest BCUT2D eigenvalue weighted by Gasteiger charge is 2.52. The highest BCUT2D eigenvalue weighted by Crippen LogP contribution is 2.51. The Morgan fingerprint density at radius 3 is 2.62 bits per heavy atom. The Kier molecular flexibility index (Phi) is 3.99. The van der Waals surface area contributed by atoms with Crippen LogP contribution in [0.3, 0.4) is 0 Å². The molecule has 2 aromatic rings. The number of amides is 1. The number of carbonyl (C=O) groups excluding carboxylic acids is 1. The van der Waals surface area contributed by atoms with Crippen LogP contribution in [0.1, 0.15) is 56.9 Å². The van der Waals surface area contributed by atoms with Crippen molar-refractivity contribution in [3.8, 4) is 5.75 Å². The number of aromatic nitrogens is 1. The van der Waals surface area contributed by atoms with Crippen molar-refractivity contribution in [1.29, 1.82) is 0 Å². The van der Waals surface area contributed by atoms with Crippen LogP contribution in [0.25, 0.3) is 10.9 Å². The normalized spacial score (nSPS) is 20.5. The van der Waals surface area contributed by atoms with Gasteiger partial charge in [0.15, 0.2) is 0 Å². The summed E-state index contributed by atoms with van der Waals surface area (Å²) in [5.41, 5.74) is 1.86. The second-order valence-corrected chi connectivity index (χ2v) is 7.36. The molecule has 4 rings (SSSR count). The van der Waals surface area contributed by atoms with Crippen molar-refractivity contribution in [1.82, 2.24) is 10.3 Å². The number of H-pyrrole nitrogens is 1. The van der Waals surface area contributed by atoms with Crippen molar-refractivity contribution in [2.75, 3.05) is 7.11 Å². The molecule has 2 aliphatic carbocycles. The van der Waals surface area contributed by atoms with Crippen molar-refractivity contribution in [3.05, 3.63) is 30.0 Å². The third-order valence-electron chi connectivity index (χ3n) is 5.78. The average Bonchev–Trinajstić information content (AvgIpc) is 3.35. The summed E-state index contributed by atoms with van der Waals surface area (Å²) >= 11 is 0. The van der Waals surface area contributed by atoms with Crippen LogP contribution < -0.4 is 10.1 Å². The maximum Gasteiger partial charge on any atom is 0.230 e. The van der Waals surface area contributed by atoms with E-state index >= 15 is 0 Å². The van der Waals surface area contributed by atoms with Gasteiger partial charge < -0.3 is 15.0 Å². The van der Waals surface area contributed by atoms with E-state index in [0.717, 1.165) is 47.9 Å². The predicted octanol–water partition coefficient (Wildman–Crippen LogP) is 4.05. The molecule has 1 aromatic heterocycles. The largest absolute Gasteiger partial charge is 0.497 e. The second kappa shape index (κ2) is 6.15. The first-order valence-electron chi connectivity index (χ1n) is 9.19. The molecule has 0 bridgehead atoms. The van der Waals surface area contributed by atoms with Gasteiger partial charge in [-0.05, 0) is 49.4 Å². The SMILES string of the molecule is COc1ccc2[nH]cc(C3(C(=O)NC4CCCCCC4)CC3)c2c1. The van der Waals surface area contributed by atoms with Crippen molar-refractivity contribution >= 4 is 16.8 Å². The van der Waals surface area contributed by atoms with Gasteiger partial charge in [-0.25, -0.2) is 0 Å². The first kappa shape index (κ1) is 15.6. The fourth-order valence-corrected chi connectivity index (χ4v) is 4.11. The van der Waals surface area contributed by atoms with Gasteiger partial charge in [0.05, 0.1) is 12.5 Å². The quantitative estimate of drug-likeness (QED) is 0.833. The molecule has 4 nitrogen and oxygen atoms in total. The number of carbonyl (C=O) groups is 1. The van der Waals surface area contributed by atoms with Crippen LogP contribution in [0.2, 0.25) is 0 Å². The number of ether oxygens (including phenoxy) is 1. The monoisotopic (exact) mass is 326 g/mol. The highest BCUT2D eigenvalue weighted by atomic mass is 16.5. The molecule has 24 heavy (non-hydrogen) atoms. The number of benzene rings is 1. The van der Waals surface area contributed by atoms with Crippen LogP contribution in [-0.4, -0.2) is 24.0 Å². The zero-order valence-corrected chi connectivity index (χ0v) is 14.4. The molecule has 2 fully saturated rings. The molecule has 0 unspecified atom stereocenters. The number of nitrogens with one attached hydrogen (secondary N) is 2. The van der Waals surface area contributed by atoms with Crippen LogP contribution >= 0.6 is 0 Å². The van der Waals surface area contributed by atoms with E-state index < -0.39 is 0 Å². The van der Waals surface area contributed by atoms with E-state index in [1.54, 1.807) is 7.11 Å². The molecule has 4 heteroatoms. The van der Waals surface area contributed by atoms with E-state index in [-0.39, 0.29) is 11.3 Å². The van der Waals surface area contributed by atoms with E-state index in [0.29, 0.717) is 6.04 Å². The van der Waals surface area contributed by atoms with Gasteiger partial charge in [0, 0.05) is 23.1 Å². The molecule has 0 radical (unpaired) electrons. The summed E-state index contributed by atoms with van der Waals surface area (Å²) in [5, 5.41) is 4.47. The summed E-state index contributed by atoms with van der Waals surface area (Å²) in [4.78, 5) is 16.4. The Morgan fingerprint density at radius 2 is 1.96 bits per heavy atom. The molecule has 1 aromatic carbocycles. The molecular formula is C20H26N2O2. The van der Waals surface area contributed by atoms with E-state index in [1.807, 2.05) is 24.4 Å². The molecular weight excluding hydrogens is 300 g/mol. The van der Waals surface area contributed by atoms with Gasteiger partial charge in [-0.3, -0.25) is 4.79 Å². The van der Waals surface area contributed by atoms with E-state index in [2.05, 4.69) is 10.3 Å². The molecule has 0 atom stereocenters. The van der Waals surface area contributed by atoms with Gasteiger partial charge in [-0.2, -0.15) is 0 Å². The zero-order chi connectivity index (χ0) is 16.6. The summed E-state index contributed by atoms with van der Waals surface area (Å²) in [7, 11) is 1.68. The Morgan fingerprint density at radius 1 is 1.21 bits per heavy atom. The molecule has 0 spiro atoms. The maximum atomic E-state index is 13.0. The summed E-state index contributed by atoms with van der Waals surface area (Å²) in [5.74, 6) is 1.06. The van der Waals surface area contributed by atoms with E-state index in [1.165, 1.54) is 25.7 Å².